The topological polar surface area (TPSA) is 93.5 Å². The molecule has 29 heavy (non-hydrogen) atoms. The second-order valence-corrected chi connectivity index (χ2v) is 9.36. The lowest BCUT2D eigenvalue weighted by molar-refractivity contribution is 0.0937. The molecular formula is C20H28N4O4S. The van der Waals surface area contributed by atoms with Gasteiger partial charge in [0.2, 0.25) is 10.0 Å². The number of nitrogens with one attached hydrogen (secondary N) is 1. The third kappa shape index (κ3) is 5.57. The summed E-state index contributed by atoms with van der Waals surface area (Å²) >= 11 is 0. The van der Waals surface area contributed by atoms with Gasteiger partial charge in [-0.1, -0.05) is 12.1 Å². The standard InChI is InChI=1S/C20H28N4O4S/c1-15-14-16(2)24(22-15)13-10-21-20(25)18-6-4-5-7-19(18)28-17-8-11-23(12-9-17)29(3,26)27/h4-7,14,17H,8-13H2,1-3H3,(H,21,25). The average Bonchev–Trinajstić information content (AvgIpc) is 2.99. The molecule has 0 atom stereocenters. The van der Waals surface area contributed by atoms with Crippen LogP contribution in [0.2, 0.25) is 0 Å². The van der Waals surface area contributed by atoms with Gasteiger partial charge in [0.05, 0.1) is 24.1 Å². The van der Waals surface area contributed by atoms with Crippen molar-refractivity contribution in [3.8, 4) is 5.75 Å². The Morgan fingerprint density at radius 3 is 2.55 bits per heavy atom. The molecule has 1 N–H and O–H groups in total. The van der Waals surface area contributed by atoms with E-state index in [4.69, 9.17) is 4.74 Å². The van der Waals surface area contributed by atoms with Crippen LogP contribution in [0.1, 0.15) is 34.6 Å². The monoisotopic (exact) mass is 420 g/mol. The number of carbonyl (C=O) groups excluding carboxylic acids is 1. The molecule has 1 amide bonds. The first-order valence-electron chi connectivity index (χ1n) is 9.74. The van der Waals surface area contributed by atoms with Crippen LogP contribution in [0.25, 0.3) is 0 Å². The van der Waals surface area contributed by atoms with Gasteiger partial charge in [-0.2, -0.15) is 5.10 Å². The zero-order valence-corrected chi connectivity index (χ0v) is 17.9. The van der Waals surface area contributed by atoms with E-state index >= 15 is 0 Å². The fraction of sp³-hybridized carbons (Fsp3) is 0.500. The van der Waals surface area contributed by atoms with Crippen LogP contribution >= 0.6 is 0 Å². The molecule has 2 heterocycles. The van der Waals surface area contributed by atoms with Crippen molar-refractivity contribution in [3.63, 3.8) is 0 Å². The molecule has 0 spiro atoms. The molecule has 0 saturated carbocycles. The van der Waals surface area contributed by atoms with Gasteiger partial charge in [0.1, 0.15) is 11.9 Å². The van der Waals surface area contributed by atoms with E-state index in [1.807, 2.05) is 30.7 Å². The molecule has 1 fully saturated rings. The summed E-state index contributed by atoms with van der Waals surface area (Å²) in [6.07, 6.45) is 2.30. The van der Waals surface area contributed by atoms with Crippen molar-refractivity contribution >= 4 is 15.9 Å². The Kier molecular flexibility index (Phi) is 6.59. The molecule has 0 bridgehead atoms. The SMILES string of the molecule is Cc1cc(C)n(CCNC(=O)c2ccccc2OC2CCN(S(C)(=O)=O)CC2)n1. The lowest BCUT2D eigenvalue weighted by atomic mass is 10.1. The van der Waals surface area contributed by atoms with Gasteiger partial charge in [0.15, 0.2) is 0 Å². The maximum atomic E-state index is 12.7. The van der Waals surface area contributed by atoms with Crippen LogP contribution in [0.5, 0.6) is 5.75 Å². The van der Waals surface area contributed by atoms with Gasteiger partial charge in [0, 0.05) is 25.3 Å². The maximum Gasteiger partial charge on any atom is 0.255 e. The smallest absolute Gasteiger partial charge is 0.255 e. The highest BCUT2D eigenvalue weighted by Gasteiger charge is 2.26. The van der Waals surface area contributed by atoms with E-state index in [1.165, 1.54) is 10.6 Å². The molecule has 158 valence electrons. The van der Waals surface area contributed by atoms with Gasteiger partial charge in [-0.05, 0) is 44.9 Å². The first-order chi connectivity index (χ1) is 13.7. The van der Waals surface area contributed by atoms with Gasteiger partial charge in [-0.15, -0.1) is 0 Å². The average molecular weight is 421 g/mol. The van der Waals surface area contributed by atoms with Crippen LogP contribution in [0, 0.1) is 13.8 Å². The van der Waals surface area contributed by atoms with E-state index in [0.29, 0.717) is 50.3 Å². The second kappa shape index (κ2) is 8.96. The molecule has 1 aromatic carbocycles. The van der Waals surface area contributed by atoms with E-state index < -0.39 is 10.0 Å². The second-order valence-electron chi connectivity index (χ2n) is 7.38. The number of para-hydroxylation sites is 1. The third-order valence-electron chi connectivity index (χ3n) is 5.01. The number of hydrogen-bond donors (Lipinski definition) is 1. The van der Waals surface area contributed by atoms with E-state index in [9.17, 15) is 13.2 Å². The molecule has 1 aliphatic heterocycles. The molecule has 1 saturated heterocycles. The molecule has 9 heteroatoms. The van der Waals surface area contributed by atoms with Gasteiger partial charge < -0.3 is 10.1 Å². The number of ether oxygens (including phenoxy) is 1. The van der Waals surface area contributed by atoms with Crippen molar-refractivity contribution in [2.45, 2.75) is 39.3 Å². The minimum Gasteiger partial charge on any atom is -0.489 e. The third-order valence-corrected chi connectivity index (χ3v) is 6.31. The normalized spacial score (nSPS) is 16.0. The summed E-state index contributed by atoms with van der Waals surface area (Å²) in [7, 11) is -3.17. The Hall–Kier alpha value is -2.39. The van der Waals surface area contributed by atoms with Crippen molar-refractivity contribution in [1.82, 2.24) is 19.4 Å². The Labute approximate surface area is 171 Å². The fourth-order valence-electron chi connectivity index (χ4n) is 3.49. The quantitative estimate of drug-likeness (QED) is 0.736. The number of aryl methyl sites for hydroxylation is 2. The number of aromatic nitrogens is 2. The highest BCUT2D eigenvalue weighted by atomic mass is 32.2. The van der Waals surface area contributed by atoms with Gasteiger partial charge in [-0.3, -0.25) is 9.48 Å². The van der Waals surface area contributed by atoms with Gasteiger partial charge >= 0.3 is 0 Å². The first kappa shape index (κ1) is 21.3. The summed E-state index contributed by atoms with van der Waals surface area (Å²) < 4.78 is 32.7. The van der Waals surface area contributed by atoms with Crippen LogP contribution in [-0.2, 0) is 16.6 Å². The number of benzene rings is 1. The zero-order valence-electron chi connectivity index (χ0n) is 17.1. The summed E-state index contributed by atoms with van der Waals surface area (Å²) in [4.78, 5) is 12.7. The predicted octanol–water partition coefficient (Wildman–Crippen LogP) is 1.73. The van der Waals surface area contributed by atoms with Gasteiger partial charge in [-0.25, -0.2) is 12.7 Å². The number of nitrogens with zero attached hydrogens (tertiary/aromatic N) is 3. The van der Waals surface area contributed by atoms with Crippen molar-refractivity contribution in [2.24, 2.45) is 0 Å². The minimum absolute atomic E-state index is 0.114. The number of carbonyl (C=O) groups is 1. The van der Waals surface area contributed by atoms with Crippen molar-refractivity contribution < 1.29 is 17.9 Å². The Bertz CT molecular complexity index is 963. The molecule has 0 unspecified atom stereocenters. The van der Waals surface area contributed by atoms with E-state index in [2.05, 4.69) is 10.4 Å². The minimum atomic E-state index is -3.17. The molecule has 0 aliphatic carbocycles. The van der Waals surface area contributed by atoms with Crippen molar-refractivity contribution in [1.29, 1.82) is 0 Å². The Morgan fingerprint density at radius 1 is 1.24 bits per heavy atom. The van der Waals surface area contributed by atoms with Crippen molar-refractivity contribution in [3.05, 3.63) is 47.3 Å². The van der Waals surface area contributed by atoms with Crippen LogP contribution < -0.4 is 10.1 Å². The number of hydrogen-bond acceptors (Lipinski definition) is 5. The highest BCUT2D eigenvalue weighted by Crippen LogP contribution is 2.24. The fourth-order valence-corrected chi connectivity index (χ4v) is 4.36. The molecule has 2 aromatic rings. The lowest BCUT2D eigenvalue weighted by Crippen LogP contribution is -2.41. The van der Waals surface area contributed by atoms with E-state index in [-0.39, 0.29) is 12.0 Å². The Balaban J connectivity index is 1.57. The summed E-state index contributed by atoms with van der Waals surface area (Å²) in [5.74, 6) is 0.324. The Morgan fingerprint density at radius 2 is 1.93 bits per heavy atom. The van der Waals surface area contributed by atoms with Crippen LogP contribution in [0.3, 0.4) is 0 Å². The molecule has 3 rings (SSSR count). The molecule has 1 aliphatic rings. The van der Waals surface area contributed by atoms with E-state index in [1.54, 1.807) is 18.2 Å². The number of amides is 1. The molecule has 1 aromatic heterocycles. The summed E-state index contributed by atoms with van der Waals surface area (Å²) in [6.45, 7) is 5.84. The van der Waals surface area contributed by atoms with Crippen LogP contribution in [-0.4, -0.2) is 60.4 Å². The molecular weight excluding hydrogens is 392 g/mol. The van der Waals surface area contributed by atoms with Crippen LogP contribution in [0.4, 0.5) is 0 Å². The maximum absolute atomic E-state index is 12.7. The lowest BCUT2D eigenvalue weighted by Gasteiger charge is -2.30. The summed E-state index contributed by atoms with van der Waals surface area (Å²) in [5, 5.41) is 7.31. The van der Waals surface area contributed by atoms with E-state index in [0.717, 1.165) is 11.4 Å². The summed E-state index contributed by atoms with van der Waals surface area (Å²) in [5.41, 5.74) is 2.49. The number of piperidine rings is 1. The highest BCUT2D eigenvalue weighted by molar-refractivity contribution is 7.88. The predicted molar refractivity (Wildman–Crippen MR) is 111 cm³/mol. The van der Waals surface area contributed by atoms with Crippen molar-refractivity contribution in [2.75, 3.05) is 25.9 Å². The number of rotatable bonds is 7. The number of sulfonamides is 1. The van der Waals surface area contributed by atoms with Crippen LogP contribution in [0.15, 0.2) is 30.3 Å². The molecule has 0 radical (unpaired) electrons. The summed E-state index contributed by atoms with van der Waals surface area (Å²) in [6, 6.07) is 9.14. The zero-order chi connectivity index (χ0) is 21.0. The first-order valence-corrected chi connectivity index (χ1v) is 11.6. The molecule has 8 nitrogen and oxygen atoms in total. The van der Waals surface area contributed by atoms with Gasteiger partial charge in [0.25, 0.3) is 5.91 Å². The largest absolute Gasteiger partial charge is 0.489 e.